The highest BCUT2D eigenvalue weighted by atomic mass is 15.3. The molecule has 0 bridgehead atoms. The molecule has 2 N–H and O–H groups in total. The number of aryl methyl sites for hydroxylation is 3. The lowest BCUT2D eigenvalue weighted by molar-refractivity contribution is 0.744. The summed E-state index contributed by atoms with van der Waals surface area (Å²) < 4.78 is 1.85. The van der Waals surface area contributed by atoms with Gasteiger partial charge in [-0.3, -0.25) is 4.68 Å². The third-order valence-electron chi connectivity index (χ3n) is 3.98. The Balaban J connectivity index is 2.87. The molecule has 96 valence electrons. The van der Waals surface area contributed by atoms with Gasteiger partial charge in [-0.05, 0) is 62.4 Å². The van der Waals surface area contributed by atoms with Gasteiger partial charge in [0.25, 0.3) is 0 Å². The molecule has 2 rings (SSSR count). The van der Waals surface area contributed by atoms with Gasteiger partial charge >= 0.3 is 0 Å². The molecule has 0 saturated heterocycles. The van der Waals surface area contributed by atoms with Crippen LogP contribution in [-0.2, 0) is 7.05 Å². The summed E-state index contributed by atoms with van der Waals surface area (Å²) >= 11 is 0. The van der Waals surface area contributed by atoms with E-state index in [0.29, 0.717) is 5.82 Å². The molecule has 1 heterocycles. The highest BCUT2D eigenvalue weighted by molar-refractivity contribution is 5.82. The fraction of sp³-hybridized carbons (Fsp3) is 0.400. The zero-order valence-corrected chi connectivity index (χ0v) is 12.0. The van der Waals surface area contributed by atoms with E-state index in [0.717, 1.165) is 11.3 Å². The number of rotatable bonds is 1. The van der Waals surface area contributed by atoms with Gasteiger partial charge in [0.05, 0.1) is 0 Å². The quantitative estimate of drug-likeness (QED) is 0.835. The van der Waals surface area contributed by atoms with Crippen LogP contribution < -0.4 is 5.73 Å². The molecule has 0 spiro atoms. The molecule has 0 aliphatic heterocycles. The van der Waals surface area contributed by atoms with E-state index in [2.05, 4.69) is 45.8 Å². The van der Waals surface area contributed by atoms with Crippen LogP contribution in [0.3, 0.4) is 0 Å². The summed E-state index contributed by atoms with van der Waals surface area (Å²) in [6.07, 6.45) is 0. The normalized spacial score (nSPS) is 11.0. The fourth-order valence-electron chi connectivity index (χ4n) is 2.53. The standard InChI is InChI=1S/C15H21N3/c1-8-7-9(2)11(4)13(10(8)3)14-12(5)18(6)17-15(14)16/h7H,1-6H3,(H2,16,17). The van der Waals surface area contributed by atoms with Crippen molar-refractivity contribution in [3.63, 3.8) is 0 Å². The van der Waals surface area contributed by atoms with Crippen molar-refractivity contribution in [2.45, 2.75) is 34.6 Å². The Morgan fingerprint density at radius 1 is 0.944 bits per heavy atom. The molecule has 0 aliphatic carbocycles. The lowest BCUT2D eigenvalue weighted by Crippen LogP contribution is -1.98. The number of hydrogen-bond donors (Lipinski definition) is 1. The second-order valence-electron chi connectivity index (χ2n) is 5.10. The average molecular weight is 243 g/mol. The van der Waals surface area contributed by atoms with Gasteiger partial charge in [-0.2, -0.15) is 5.10 Å². The predicted octanol–water partition coefficient (Wildman–Crippen LogP) is 3.21. The molecule has 3 heteroatoms. The van der Waals surface area contributed by atoms with Gasteiger partial charge in [-0.25, -0.2) is 0 Å². The van der Waals surface area contributed by atoms with E-state index in [1.54, 1.807) is 0 Å². The molecule has 0 fully saturated rings. The molecule has 0 amide bonds. The second kappa shape index (κ2) is 4.16. The van der Waals surface area contributed by atoms with Gasteiger partial charge in [-0.1, -0.05) is 6.07 Å². The van der Waals surface area contributed by atoms with Gasteiger partial charge in [0.15, 0.2) is 5.82 Å². The number of aromatic nitrogens is 2. The summed E-state index contributed by atoms with van der Waals surface area (Å²) in [5.74, 6) is 0.617. The van der Waals surface area contributed by atoms with Crippen molar-refractivity contribution in [3.8, 4) is 11.1 Å². The van der Waals surface area contributed by atoms with E-state index >= 15 is 0 Å². The molecule has 1 aromatic carbocycles. The Bertz CT molecular complexity index is 595. The Morgan fingerprint density at radius 3 is 1.83 bits per heavy atom. The van der Waals surface area contributed by atoms with Crippen molar-refractivity contribution in [2.24, 2.45) is 7.05 Å². The highest BCUT2D eigenvalue weighted by Crippen LogP contribution is 2.36. The van der Waals surface area contributed by atoms with Gasteiger partial charge in [0.1, 0.15) is 0 Å². The first-order chi connectivity index (χ1) is 8.34. The molecule has 0 radical (unpaired) electrons. The largest absolute Gasteiger partial charge is 0.382 e. The molecular weight excluding hydrogens is 222 g/mol. The van der Waals surface area contributed by atoms with Crippen LogP contribution in [0.4, 0.5) is 5.82 Å². The third-order valence-corrected chi connectivity index (χ3v) is 3.98. The number of benzene rings is 1. The molecule has 18 heavy (non-hydrogen) atoms. The van der Waals surface area contributed by atoms with Crippen LogP contribution in [0, 0.1) is 34.6 Å². The third kappa shape index (κ3) is 1.70. The van der Waals surface area contributed by atoms with Crippen LogP contribution in [-0.4, -0.2) is 9.78 Å². The summed E-state index contributed by atoms with van der Waals surface area (Å²) in [6, 6.07) is 2.23. The first-order valence-corrected chi connectivity index (χ1v) is 6.21. The average Bonchev–Trinajstić information content (AvgIpc) is 2.53. The van der Waals surface area contributed by atoms with Crippen molar-refractivity contribution in [1.82, 2.24) is 9.78 Å². The molecule has 2 aromatic rings. The van der Waals surface area contributed by atoms with Gasteiger partial charge in [-0.15, -0.1) is 0 Å². The highest BCUT2D eigenvalue weighted by Gasteiger charge is 2.18. The molecule has 0 unspecified atom stereocenters. The minimum atomic E-state index is 0.617. The molecule has 1 aromatic heterocycles. The summed E-state index contributed by atoms with van der Waals surface area (Å²) in [5, 5.41) is 4.32. The maximum atomic E-state index is 6.08. The van der Waals surface area contributed by atoms with Crippen LogP contribution >= 0.6 is 0 Å². The minimum absolute atomic E-state index is 0.617. The SMILES string of the molecule is Cc1cc(C)c(C)c(-c2c(N)nn(C)c2C)c1C. The lowest BCUT2D eigenvalue weighted by Gasteiger charge is -2.15. The maximum absolute atomic E-state index is 6.08. The van der Waals surface area contributed by atoms with E-state index in [9.17, 15) is 0 Å². The van der Waals surface area contributed by atoms with Gasteiger partial charge in [0.2, 0.25) is 0 Å². The lowest BCUT2D eigenvalue weighted by atomic mass is 9.89. The van der Waals surface area contributed by atoms with E-state index in [1.165, 1.54) is 27.8 Å². The van der Waals surface area contributed by atoms with E-state index in [4.69, 9.17) is 5.73 Å². The van der Waals surface area contributed by atoms with Crippen LogP contribution in [0.1, 0.15) is 27.9 Å². The van der Waals surface area contributed by atoms with Crippen LogP contribution in [0.5, 0.6) is 0 Å². The first-order valence-electron chi connectivity index (χ1n) is 6.21. The van der Waals surface area contributed by atoms with Crippen molar-refractivity contribution in [3.05, 3.63) is 34.0 Å². The molecule has 0 aliphatic rings. The van der Waals surface area contributed by atoms with Crippen LogP contribution in [0.2, 0.25) is 0 Å². The smallest absolute Gasteiger partial charge is 0.153 e. The van der Waals surface area contributed by atoms with Crippen LogP contribution in [0.25, 0.3) is 11.1 Å². The zero-order chi connectivity index (χ0) is 13.6. The topological polar surface area (TPSA) is 43.8 Å². The molecule has 0 saturated carbocycles. The van der Waals surface area contributed by atoms with Crippen molar-refractivity contribution < 1.29 is 0 Å². The van der Waals surface area contributed by atoms with E-state index < -0.39 is 0 Å². The maximum Gasteiger partial charge on any atom is 0.153 e. The van der Waals surface area contributed by atoms with Crippen molar-refractivity contribution >= 4 is 5.82 Å². The number of hydrogen-bond acceptors (Lipinski definition) is 2. The predicted molar refractivity (Wildman–Crippen MR) is 76.7 cm³/mol. The van der Waals surface area contributed by atoms with E-state index in [1.807, 2.05) is 11.7 Å². The first kappa shape index (κ1) is 12.7. The Kier molecular flexibility index (Phi) is 2.93. The summed E-state index contributed by atoms with van der Waals surface area (Å²) in [5.41, 5.74) is 14.7. The molecular formula is C15H21N3. The zero-order valence-electron chi connectivity index (χ0n) is 12.0. The second-order valence-corrected chi connectivity index (χ2v) is 5.10. The monoisotopic (exact) mass is 243 g/mol. The minimum Gasteiger partial charge on any atom is -0.382 e. The summed E-state index contributed by atoms with van der Waals surface area (Å²) in [6.45, 7) is 10.7. The summed E-state index contributed by atoms with van der Waals surface area (Å²) in [4.78, 5) is 0. The number of anilines is 1. The number of nitrogens with two attached hydrogens (primary N) is 1. The summed E-state index contributed by atoms with van der Waals surface area (Å²) in [7, 11) is 1.93. The number of nitrogen functional groups attached to an aromatic ring is 1. The van der Waals surface area contributed by atoms with Crippen molar-refractivity contribution in [2.75, 3.05) is 5.73 Å². The van der Waals surface area contributed by atoms with Crippen molar-refractivity contribution in [1.29, 1.82) is 0 Å². The molecule has 3 nitrogen and oxygen atoms in total. The number of nitrogens with zero attached hydrogens (tertiary/aromatic N) is 2. The van der Waals surface area contributed by atoms with Gasteiger partial charge < -0.3 is 5.73 Å². The molecule has 0 atom stereocenters. The Hall–Kier alpha value is -1.77. The fourth-order valence-corrected chi connectivity index (χ4v) is 2.53. The Morgan fingerprint density at radius 2 is 1.44 bits per heavy atom. The van der Waals surface area contributed by atoms with Gasteiger partial charge in [0, 0.05) is 18.3 Å². The Labute approximate surface area is 109 Å². The van der Waals surface area contributed by atoms with Crippen LogP contribution in [0.15, 0.2) is 6.07 Å². The van der Waals surface area contributed by atoms with E-state index in [-0.39, 0.29) is 0 Å².